The lowest BCUT2D eigenvalue weighted by Crippen LogP contribution is -2.45. The summed E-state index contributed by atoms with van der Waals surface area (Å²) in [6, 6.07) is 1.49. The lowest BCUT2D eigenvalue weighted by atomic mass is 9.72. The molecule has 1 fully saturated rings. The van der Waals surface area contributed by atoms with Crippen LogP contribution in [0.2, 0.25) is 0 Å². The Morgan fingerprint density at radius 2 is 2.44 bits per heavy atom. The normalized spacial score (nSPS) is 23.9. The first-order valence-corrected chi connectivity index (χ1v) is 6.55. The molecule has 0 radical (unpaired) electrons. The molecule has 2 rings (SSSR count). The topological polar surface area (TPSA) is 42.0 Å². The number of hydrogen-bond donors (Lipinski definition) is 1. The number of Topliss-reactive ketones (excluding diaryl/α,β-unsaturated/α-hetero) is 1. The Bertz CT molecular complexity index is 422. The Labute approximate surface area is 107 Å². The quantitative estimate of drug-likeness (QED) is 0.835. The molecule has 1 unspecified atom stereocenters. The van der Waals surface area contributed by atoms with Crippen LogP contribution in [0.3, 0.4) is 0 Å². The maximum atomic E-state index is 13.7. The molecule has 1 N–H and O–H groups in total. The number of carbonyl (C=O) groups excluding carboxylic acids is 1. The van der Waals surface area contributed by atoms with E-state index in [1.54, 1.807) is 0 Å². The van der Waals surface area contributed by atoms with Gasteiger partial charge in [-0.05, 0) is 31.9 Å². The molecule has 1 aromatic heterocycles. The number of ketones is 1. The van der Waals surface area contributed by atoms with Crippen molar-refractivity contribution in [2.24, 2.45) is 5.41 Å². The SMILES string of the molecule is CCCC1(C(=O)c2ccncc2F)CCCNC1. The molecule has 18 heavy (non-hydrogen) atoms. The average molecular weight is 250 g/mol. The summed E-state index contributed by atoms with van der Waals surface area (Å²) in [4.78, 5) is 16.3. The van der Waals surface area contributed by atoms with E-state index in [1.807, 2.05) is 0 Å². The number of aromatic nitrogens is 1. The highest BCUT2D eigenvalue weighted by Crippen LogP contribution is 2.35. The van der Waals surface area contributed by atoms with E-state index in [1.165, 1.54) is 12.3 Å². The van der Waals surface area contributed by atoms with Crippen LogP contribution in [0.1, 0.15) is 43.0 Å². The van der Waals surface area contributed by atoms with Gasteiger partial charge in [-0.2, -0.15) is 0 Å². The van der Waals surface area contributed by atoms with Crippen molar-refractivity contribution < 1.29 is 9.18 Å². The molecule has 0 amide bonds. The molecule has 2 heterocycles. The zero-order valence-corrected chi connectivity index (χ0v) is 10.7. The lowest BCUT2D eigenvalue weighted by molar-refractivity contribution is 0.0713. The van der Waals surface area contributed by atoms with Gasteiger partial charge in [-0.15, -0.1) is 0 Å². The van der Waals surface area contributed by atoms with Crippen molar-refractivity contribution >= 4 is 5.78 Å². The molecule has 98 valence electrons. The Morgan fingerprint density at radius 3 is 3.06 bits per heavy atom. The molecule has 0 saturated carbocycles. The van der Waals surface area contributed by atoms with Gasteiger partial charge in [0.05, 0.1) is 11.8 Å². The fraction of sp³-hybridized carbons (Fsp3) is 0.571. The number of piperidine rings is 1. The summed E-state index contributed by atoms with van der Waals surface area (Å²) in [5.41, 5.74) is -0.253. The Balaban J connectivity index is 2.31. The molecule has 1 aliphatic heterocycles. The van der Waals surface area contributed by atoms with Crippen LogP contribution in [0.25, 0.3) is 0 Å². The highest BCUT2D eigenvalue weighted by Gasteiger charge is 2.39. The number of pyridine rings is 1. The minimum absolute atomic E-state index is 0.0727. The third kappa shape index (κ3) is 2.43. The zero-order valence-electron chi connectivity index (χ0n) is 10.7. The molecule has 0 spiro atoms. The standard InChI is InChI=1S/C14H19FN2O/c1-2-5-14(6-3-7-17-10-14)13(18)11-4-8-16-9-12(11)15/h4,8-9,17H,2-3,5-7,10H2,1H3. The first-order chi connectivity index (χ1) is 8.69. The fourth-order valence-corrected chi connectivity index (χ4v) is 2.81. The van der Waals surface area contributed by atoms with Crippen molar-refractivity contribution in [2.75, 3.05) is 13.1 Å². The largest absolute Gasteiger partial charge is 0.316 e. The maximum absolute atomic E-state index is 13.7. The van der Waals surface area contributed by atoms with Crippen molar-refractivity contribution in [1.82, 2.24) is 10.3 Å². The number of hydrogen-bond acceptors (Lipinski definition) is 3. The number of carbonyl (C=O) groups is 1. The van der Waals surface area contributed by atoms with Gasteiger partial charge in [-0.3, -0.25) is 9.78 Å². The Morgan fingerprint density at radius 1 is 1.61 bits per heavy atom. The van der Waals surface area contributed by atoms with Crippen LogP contribution in [0, 0.1) is 11.2 Å². The van der Waals surface area contributed by atoms with E-state index >= 15 is 0 Å². The number of rotatable bonds is 4. The summed E-state index contributed by atoms with van der Waals surface area (Å²) in [6.45, 7) is 3.66. The first kappa shape index (κ1) is 13.1. The van der Waals surface area contributed by atoms with Crippen LogP contribution in [-0.2, 0) is 0 Å². The maximum Gasteiger partial charge on any atom is 0.173 e. The minimum atomic E-state index is -0.511. The molecule has 3 nitrogen and oxygen atoms in total. The van der Waals surface area contributed by atoms with E-state index in [4.69, 9.17) is 0 Å². The van der Waals surface area contributed by atoms with Gasteiger partial charge in [0.2, 0.25) is 0 Å². The van der Waals surface area contributed by atoms with Gasteiger partial charge in [0, 0.05) is 18.2 Å². The number of nitrogens with zero attached hydrogens (tertiary/aromatic N) is 1. The smallest absolute Gasteiger partial charge is 0.173 e. The minimum Gasteiger partial charge on any atom is -0.316 e. The fourth-order valence-electron chi connectivity index (χ4n) is 2.81. The van der Waals surface area contributed by atoms with Crippen molar-refractivity contribution in [3.05, 3.63) is 29.8 Å². The van der Waals surface area contributed by atoms with E-state index in [0.717, 1.165) is 38.4 Å². The van der Waals surface area contributed by atoms with E-state index < -0.39 is 11.2 Å². The molecule has 0 aliphatic carbocycles. The van der Waals surface area contributed by atoms with E-state index in [9.17, 15) is 9.18 Å². The average Bonchev–Trinajstić information content (AvgIpc) is 2.40. The van der Waals surface area contributed by atoms with Crippen molar-refractivity contribution in [3.63, 3.8) is 0 Å². The van der Waals surface area contributed by atoms with Gasteiger partial charge >= 0.3 is 0 Å². The molecule has 1 atom stereocenters. The van der Waals surface area contributed by atoms with E-state index in [-0.39, 0.29) is 11.3 Å². The van der Waals surface area contributed by atoms with Gasteiger partial charge in [0.1, 0.15) is 0 Å². The van der Waals surface area contributed by atoms with Crippen molar-refractivity contribution in [1.29, 1.82) is 0 Å². The predicted octanol–water partition coefficient (Wildman–Crippen LogP) is 2.57. The van der Waals surface area contributed by atoms with Crippen LogP contribution in [0.5, 0.6) is 0 Å². The van der Waals surface area contributed by atoms with Crippen LogP contribution in [-0.4, -0.2) is 23.9 Å². The van der Waals surface area contributed by atoms with Gasteiger partial charge in [0.25, 0.3) is 0 Å². The van der Waals surface area contributed by atoms with E-state index in [0.29, 0.717) is 6.54 Å². The summed E-state index contributed by atoms with van der Waals surface area (Å²) in [5, 5.41) is 3.27. The molecule has 4 heteroatoms. The Kier molecular flexibility index (Phi) is 4.07. The zero-order chi connectivity index (χ0) is 13.0. The third-order valence-electron chi connectivity index (χ3n) is 3.70. The summed E-state index contributed by atoms with van der Waals surface area (Å²) in [7, 11) is 0. The molecule has 1 aromatic rings. The molecular weight excluding hydrogens is 231 g/mol. The van der Waals surface area contributed by atoms with Crippen molar-refractivity contribution in [3.8, 4) is 0 Å². The highest BCUT2D eigenvalue weighted by atomic mass is 19.1. The summed E-state index contributed by atoms with van der Waals surface area (Å²) >= 11 is 0. The number of halogens is 1. The van der Waals surface area contributed by atoms with Gasteiger partial charge in [-0.1, -0.05) is 13.3 Å². The summed E-state index contributed by atoms with van der Waals surface area (Å²) in [6.07, 6.45) is 6.14. The second-order valence-corrected chi connectivity index (χ2v) is 5.00. The van der Waals surface area contributed by atoms with Crippen LogP contribution >= 0.6 is 0 Å². The molecular formula is C14H19FN2O. The van der Waals surface area contributed by atoms with Gasteiger partial charge < -0.3 is 5.32 Å². The van der Waals surface area contributed by atoms with E-state index in [2.05, 4.69) is 17.2 Å². The highest BCUT2D eigenvalue weighted by molar-refractivity contribution is 6.00. The number of nitrogens with one attached hydrogen (secondary N) is 1. The first-order valence-electron chi connectivity index (χ1n) is 6.55. The monoisotopic (exact) mass is 250 g/mol. The van der Waals surface area contributed by atoms with Crippen LogP contribution in [0.15, 0.2) is 18.5 Å². The second kappa shape index (κ2) is 5.57. The molecule has 1 aliphatic rings. The van der Waals surface area contributed by atoms with Gasteiger partial charge in [-0.25, -0.2) is 4.39 Å². The summed E-state index contributed by atoms with van der Waals surface area (Å²) < 4.78 is 13.7. The lowest BCUT2D eigenvalue weighted by Gasteiger charge is -2.36. The summed E-state index contributed by atoms with van der Waals surface area (Å²) in [5.74, 6) is -0.583. The second-order valence-electron chi connectivity index (χ2n) is 5.00. The predicted molar refractivity (Wildman–Crippen MR) is 68.0 cm³/mol. The van der Waals surface area contributed by atoms with Gasteiger partial charge in [0.15, 0.2) is 11.6 Å². The van der Waals surface area contributed by atoms with Crippen molar-refractivity contribution in [2.45, 2.75) is 32.6 Å². The van der Waals surface area contributed by atoms with Crippen LogP contribution < -0.4 is 5.32 Å². The molecule has 1 saturated heterocycles. The van der Waals surface area contributed by atoms with Crippen LogP contribution in [0.4, 0.5) is 4.39 Å². The third-order valence-corrected chi connectivity index (χ3v) is 3.70. The molecule has 0 aromatic carbocycles. The molecule has 0 bridgehead atoms. The Hall–Kier alpha value is -1.29.